The van der Waals surface area contributed by atoms with Gasteiger partial charge in [0.05, 0.1) is 5.03 Å². The first-order valence-corrected chi connectivity index (χ1v) is 7.02. The number of nitrogens with zero attached hydrogens (tertiary/aromatic N) is 3. The van der Waals surface area contributed by atoms with Crippen LogP contribution >= 0.6 is 11.8 Å². The van der Waals surface area contributed by atoms with Gasteiger partial charge in [0.15, 0.2) is 0 Å². The molecule has 0 unspecified atom stereocenters. The smallest absolute Gasteiger partial charge is 0.271 e. The Morgan fingerprint density at radius 2 is 2.20 bits per heavy atom. The number of hydrogen-bond donors (Lipinski definition) is 1. The van der Waals surface area contributed by atoms with Gasteiger partial charge in [-0.2, -0.15) is 5.10 Å². The van der Waals surface area contributed by atoms with Crippen LogP contribution in [0.1, 0.15) is 10.5 Å². The van der Waals surface area contributed by atoms with Crippen molar-refractivity contribution in [3.8, 4) is 0 Å². The summed E-state index contributed by atoms with van der Waals surface area (Å²) >= 11 is 1.56. The van der Waals surface area contributed by atoms with E-state index >= 15 is 0 Å². The van der Waals surface area contributed by atoms with E-state index in [1.165, 1.54) is 19.2 Å². The highest BCUT2D eigenvalue weighted by atomic mass is 32.2. The maximum atomic E-state index is 11.8. The quantitative estimate of drug-likeness (QED) is 0.648. The number of carbonyl (C=O) groups is 1. The number of aryl methyl sites for hydroxylation is 1. The van der Waals surface area contributed by atoms with Gasteiger partial charge >= 0.3 is 0 Å². The van der Waals surface area contributed by atoms with Crippen molar-refractivity contribution in [2.45, 2.75) is 5.03 Å². The minimum absolute atomic E-state index is 0.231. The lowest BCUT2D eigenvalue weighted by molar-refractivity contribution is 0.0949. The number of thioether (sulfide) groups is 1. The van der Waals surface area contributed by atoms with Crippen molar-refractivity contribution in [3.05, 3.63) is 52.6 Å². The van der Waals surface area contributed by atoms with Gasteiger partial charge in [-0.05, 0) is 18.2 Å². The summed E-state index contributed by atoms with van der Waals surface area (Å²) in [5.74, 6) is 0.427. The van der Waals surface area contributed by atoms with Crippen LogP contribution in [0.2, 0.25) is 0 Å². The molecule has 1 N–H and O–H groups in total. The zero-order chi connectivity index (χ0) is 14.4. The summed E-state index contributed by atoms with van der Waals surface area (Å²) in [5.41, 5.74) is -0.0119. The summed E-state index contributed by atoms with van der Waals surface area (Å²) in [4.78, 5) is 27.1. The zero-order valence-corrected chi connectivity index (χ0v) is 11.8. The third kappa shape index (κ3) is 3.92. The fourth-order valence-corrected chi connectivity index (χ4v) is 2.19. The minimum atomic E-state index is -0.290. The summed E-state index contributed by atoms with van der Waals surface area (Å²) in [5, 5.41) is 7.55. The predicted molar refractivity (Wildman–Crippen MR) is 76.8 cm³/mol. The molecule has 0 atom stereocenters. The largest absolute Gasteiger partial charge is 0.350 e. The van der Waals surface area contributed by atoms with Crippen molar-refractivity contribution in [2.24, 2.45) is 7.05 Å². The monoisotopic (exact) mass is 290 g/mol. The highest BCUT2D eigenvalue weighted by molar-refractivity contribution is 7.99. The number of rotatable bonds is 5. The first-order valence-electron chi connectivity index (χ1n) is 6.03. The molecule has 0 saturated heterocycles. The molecule has 2 aromatic rings. The molecule has 104 valence electrons. The molecule has 6 nitrogen and oxygen atoms in total. The van der Waals surface area contributed by atoms with Crippen LogP contribution in [0.5, 0.6) is 0 Å². The van der Waals surface area contributed by atoms with Crippen LogP contribution in [0.3, 0.4) is 0 Å². The van der Waals surface area contributed by atoms with Crippen molar-refractivity contribution in [2.75, 3.05) is 12.3 Å². The van der Waals surface area contributed by atoms with E-state index in [9.17, 15) is 9.59 Å². The van der Waals surface area contributed by atoms with Gasteiger partial charge in [-0.25, -0.2) is 9.67 Å². The van der Waals surface area contributed by atoms with Crippen LogP contribution in [-0.4, -0.2) is 33.0 Å². The van der Waals surface area contributed by atoms with Crippen molar-refractivity contribution in [3.63, 3.8) is 0 Å². The molecule has 7 heteroatoms. The maximum absolute atomic E-state index is 11.8. The van der Waals surface area contributed by atoms with E-state index in [1.54, 1.807) is 18.0 Å². The predicted octanol–water partition coefficient (Wildman–Crippen LogP) is 0.697. The number of amides is 1. The highest BCUT2D eigenvalue weighted by Gasteiger charge is 2.07. The molecule has 0 spiro atoms. The van der Waals surface area contributed by atoms with Crippen LogP contribution in [0, 0.1) is 0 Å². The molecule has 0 aliphatic rings. The molecular weight excluding hydrogens is 276 g/mol. The maximum Gasteiger partial charge on any atom is 0.271 e. The van der Waals surface area contributed by atoms with E-state index in [4.69, 9.17) is 0 Å². The van der Waals surface area contributed by atoms with Gasteiger partial charge in [-0.3, -0.25) is 9.59 Å². The van der Waals surface area contributed by atoms with E-state index in [0.717, 1.165) is 9.71 Å². The molecule has 2 aromatic heterocycles. The SMILES string of the molecule is Cn1nc(C(=O)NCCSc2ccccn2)ccc1=O. The van der Waals surface area contributed by atoms with Gasteiger partial charge in [0.2, 0.25) is 0 Å². The van der Waals surface area contributed by atoms with E-state index in [-0.39, 0.29) is 17.2 Å². The van der Waals surface area contributed by atoms with Gasteiger partial charge in [0, 0.05) is 31.6 Å². The van der Waals surface area contributed by atoms with Crippen molar-refractivity contribution in [1.29, 1.82) is 0 Å². The second-order valence-corrected chi connectivity index (χ2v) is 5.07. The average molecular weight is 290 g/mol. The zero-order valence-electron chi connectivity index (χ0n) is 10.9. The van der Waals surface area contributed by atoms with Gasteiger partial charge < -0.3 is 5.32 Å². The van der Waals surface area contributed by atoms with Crippen LogP contribution in [0.15, 0.2) is 46.3 Å². The van der Waals surface area contributed by atoms with Crippen LogP contribution in [-0.2, 0) is 7.05 Å². The number of hydrogen-bond acceptors (Lipinski definition) is 5. The lowest BCUT2D eigenvalue weighted by atomic mass is 10.3. The molecule has 2 heterocycles. The Kier molecular flexibility index (Phi) is 4.89. The van der Waals surface area contributed by atoms with Crippen LogP contribution < -0.4 is 10.9 Å². The molecule has 0 bridgehead atoms. The molecule has 0 fully saturated rings. The third-order valence-electron chi connectivity index (χ3n) is 2.47. The molecule has 0 aromatic carbocycles. The Labute approximate surface area is 120 Å². The third-order valence-corrected chi connectivity index (χ3v) is 3.41. The Hall–Kier alpha value is -2.15. The van der Waals surface area contributed by atoms with Gasteiger partial charge in [-0.15, -0.1) is 11.8 Å². The number of aromatic nitrogens is 3. The minimum Gasteiger partial charge on any atom is -0.350 e. The highest BCUT2D eigenvalue weighted by Crippen LogP contribution is 2.12. The van der Waals surface area contributed by atoms with Gasteiger partial charge in [0.25, 0.3) is 11.5 Å². The van der Waals surface area contributed by atoms with Gasteiger partial charge in [-0.1, -0.05) is 6.07 Å². The summed E-state index contributed by atoms with van der Waals surface area (Å²) in [6.45, 7) is 0.505. The molecule has 0 aliphatic carbocycles. The van der Waals surface area contributed by atoms with Crippen molar-refractivity contribution < 1.29 is 4.79 Å². The Balaban J connectivity index is 1.80. The lowest BCUT2D eigenvalue weighted by Crippen LogP contribution is -2.29. The average Bonchev–Trinajstić information content (AvgIpc) is 2.47. The van der Waals surface area contributed by atoms with Crippen molar-refractivity contribution in [1.82, 2.24) is 20.1 Å². The summed E-state index contributed by atoms with van der Waals surface area (Å²) < 4.78 is 1.14. The Morgan fingerprint density at radius 3 is 2.90 bits per heavy atom. The fraction of sp³-hybridized carbons (Fsp3) is 0.231. The fourth-order valence-electron chi connectivity index (χ4n) is 1.47. The van der Waals surface area contributed by atoms with Crippen LogP contribution in [0.4, 0.5) is 0 Å². The molecule has 0 saturated carbocycles. The Morgan fingerprint density at radius 1 is 1.35 bits per heavy atom. The van der Waals surface area contributed by atoms with E-state index < -0.39 is 0 Å². The lowest BCUT2D eigenvalue weighted by Gasteiger charge is -2.05. The summed E-state index contributed by atoms with van der Waals surface area (Å²) in [7, 11) is 1.51. The topological polar surface area (TPSA) is 76.9 Å². The van der Waals surface area contributed by atoms with Crippen LogP contribution in [0.25, 0.3) is 0 Å². The van der Waals surface area contributed by atoms with E-state index in [2.05, 4.69) is 15.4 Å². The Bertz CT molecular complexity index is 642. The molecule has 0 aliphatic heterocycles. The van der Waals surface area contributed by atoms with E-state index in [0.29, 0.717) is 12.3 Å². The summed E-state index contributed by atoms with van der Waals surface area (Å²) in [6.07, 6.45) is 1.73. The van der Waals surface area contributed by atoms with E-state index in [1.807, 2.05) is 18.2 Å². The second-order valence-electron chi connectivity index (χ2n) is 3.95. The molecule has 2 rings (SSSR count). The first-order chi connectivity index (χ1) is 9.66. The molecule has 1 amide bonds. The normalized spacial score (nSPS) is 10.2. The van der Waals surface area contributed by atoms with Crippen molar-refractivity contribution >= 4 is 17.7 Å². The molecule has 0 radical (unpaired) electrons. The summed E-state index contributed by atoms with van der Waals surface area (Å²) in [6, 6.07) is 8.44. The molecular formula is C13H14N4O2S. The standard InChI is InChI=1S/C13H14N4O2S/c1-17-12(18)6-5-10(16-17)13(19)15-8-9-20-11-4-2-3-7-14-11/h2-7H,8-9H2,1H3,(H,15,19). The second kappa shape index (κ2) is 6.85. The van der Waals surface area contributed by atoms with Gasteiger partial charge in [0.1, 0.15) is 5.69 Å². The first kappa shape index (κ1) is 14.3. The number of nitrogens with one attached hydrogen (secondary N) is 1. The number of carbonyl (C=O) groups excluding carboxylic acids is 1. The molecule has 20 heavy (non-hydrogen) atoms. The number of pyridine rings is 1.